The Morgan fingerprint density at radius 2 is 1.97 bits per heavy atom. The van der Waals surface area contributed by atoms with E-state index < -0.39 is 5.97 Å². The molecule has 2 aromatic carbocycles. The second kappa shape index (κ2) is 8.73. The summed E-state index contributed by atoms with van der Waals surface area (Å²) in [4.78, 5) is 16.3. The molecule has 0 spiro atoms. The highest BCUT2D eigenvalue weighted by Crippen LogP contribution is 2.30. The summed E-state index contributed by atoms with van der Waals surface area (Å²) < 4.78 is 2.42. The van der Waals surface area contributed by atoms with Crippen molar-refractivity contribution in [2.45, 2.75) is 20.3 Å². The molecule has 2 N–H and O–H groups in total. The highest BCUT2D eigenvalue weighted by molar-refractivity contribution is 9.10. The van der Waals surface area contributed by atoms with Crippen molar-refractivity contribution < 1.29 is 9.90 Å². The molecule has 0 atom stereocenters. The molecule has 31 heavy (non-hydrogen) atoms. The second-order valence-corrected chi connectivity index (χ2v) is 8.06. The number of hydrogen-bond acceptors (Lipinski definition) is 4. The van der Waals surface area contributed by atoms with Crippen LogP contribution < -0.4 is 5.32 Å². The molecule has 2 aromatic heterocycles. The average molecular weight is 477 g/mol. The van der Waals surface area contributed by atoms with Gasteiger partial charge in [0, 0.05) is 22.3 Å². The summed E-state index contributed by atoms with van der Waals surface area (Å²) in [6.07, 6.45) is 2.65. The molecular weight excluding hydrogens is 456 g/mol. The van der Waals surface area contributed by atoms with E-state index in [0.29, 0.717) is 21.8 Å². The lowest BCUT2D eigenvalue weighted by Crippen LogP contribution is -2.08. The van der Waals surface area contributed by atoms with Crippen molar-refractivity contribution in [1.82, 2.24) is 14.8 Å². The number of anilines is 2. The van der Waals surface area contributed by atoms with Crippen molar-refractivity contribution in [2.75, 3.05) is 5.32 Å². The maximum Gasteiger partial charge on any atom is 0.337 e. The maximum absolute atomic E-state index is 11.8. The minimum absolute atomic E-state index is 0.161. The van der Waals surface area contributed by atoms with E-state index in [4.69, 9.17) is 5.10 Å². The Kier molecular flexibility index (Phi) is 5.86. The van der Waals surface area contributed by atoms with Crippen LogP contribution in [0.2, 0.25) is 0 Å². The summed E-state index contributed by atoms with van der Waals surface area (Å²) in [6.45, 7) is 4.08. The molecule has 2 heterocycles. The molecule has 0 fully saturated rings. The van der Waals surface area contributed by atoms with E-state index in [1.807, 2.05) is 37.3 Å². The van der Waals surface area contributed by atoms with E-state index in [1.54, 1.807) is 29.1 Å². The highest BCUT2D eigenvalue weighted by atomic mass is 79.9. The van der Waals surface area contributed by atoms with Gasteiger partial charge >= 0.3 is 5.97 Å². The Morgan fingerprint density at radius 1 is 1.13 bits per heavy atom. The zero-order chi connectivity index (χ0) is 22.0. The van der Waals surface area contributed by atoms with Crippen molar-refractivity contribution in [3.63, 3.8) is 0 Å². The smallest absolute Gasteiger partial charge is 0.337 e. The van der Waals surface area contributed by atoms with Crippen LogP contribution in [0.3, 0.4) is 0 Å². The number of aromatic carboxylic acids is 1. The summed E-state index contributed by atoms with van der Waals surface area (Å²) in [7, 11) is 0. The third-order valence-corrected chi connectivity index (χ3v) is 5.49. The molecule has 0 aliphatic heterocycles. The lowest BCUT2D eigenvalue weighted by Gasteiger charge is -2.12. The van der Waals surface area contributed by atoms with Gasteiger partial charge in [0.2, 0.25) is 0 Å². The van der Waals surface area contributed by atoms with Crippen LogP contribution in [0.4, 0.5) is 11.5 Å². The largest absolute Gasteiger partial charge is 0.478 e. The second-order valence-electron chi connectivity index (χ2n) is 7.14. The van der Waals surface area contributed by atoms with Crippen LogP contribution in [0.15, 0.2) is 71.3 Å². The first kappa shape index (κ1) is 20.8. The number of pyridine rings is 1. The number of carbonyl (C=O) groups is 1. The standard InChI is InChI=1S/C24H21BrN4O2/c1-3-16-7-4-8-17(12-16)21-14-22(29(28-21)23-15(2)6-5-11-26-23)27-20-10-9-18(25)13-19(20)24(30)31/h4-14,27H,3H2,1-2H3,(H,30,31). The van der Waals surface area contributed by atoms with Gasteiger partial charge in [0.1, 0.15) is 5.82 Å². The van der Waals surface area contributed by atoms with Crippen LogP contribution >= 0.6 is 15.9 Å². The van der Waals surface area contributed by atoms with Gasteiger partial charge in [-0.3, -0.25) is 0 Å². The molecule has 0 amide bonds. The van der Waals surface area contributed by atoms with Crippen molar-refractivity contribution in [1.29, 1.82) is 0 Å². The number of aryl methyl sites for hydroxylation is 2. The minimum atomic E-state index is -1.01. The summed E-state index contributed by atoms with van der Waals surface area (Å²) in [5.74, 6) is 0.292. The molecule has 0 aliphatic carbocycles. The van der Waals surface area contributed by atoms with Crippen molar-refractivity contribution >= 4 is 33.4 Å². The molecule has 7 heteroatoms. The van der Waals surface area contributed by atoms with E-state index >= 15 is 0 Å². The number of nitrogens with one attached hydrogen (secondary N) is 1. The third kappa shape index (κ3) is 4.36. The van der Waals surface area contributed by atoms with Crippen molar-refractivity contribution in [2.24, 2.45) is 0 Å². The molecular formula is C24H21BrN4O2. The first-order chi connectivity index (χ1) is 15.0. The molecule has 4 rings (SSSR count). The fraction of sp³-hybridized carbons (Fsp3) is 0.125. The van der Waals surface area contributed by atoms with Gasteiger partial charge in [0.25, 0.3) is 0 Å². The fourth-order valence-corrected chi connectivity index (χ4v) is 3.72. The van der Waals surface area contributed by atoms with Gasteiger partial charge in [-0.25, -0.2) is 9.78 Å². The maximum atomic E-state index is 11.8. The number of hydrogen-bond donors (Lipinski definition) is 2. The first-order valence-corrected chi connectivity index (χ1v) is 10.7. The normalized spacial score (nSPS) is 10.8. The number of aromatic nitrogens is 3. The molecule has 0 saturated heterocycles. The van der Waals surface area contributed by atoms with E-state index in [2.05, 4.69) is 45.3 Å². The predicted molar refractivity (Wildman–Crippen MR) is 125 cm³/mol. The number of carboxylic acid groups (broad SMARTS) is 1. The van der Waals surface area contributed by atoms with Gasteiger partial charge in [-0.15, -0.1) is 0 Å². The Hall–Kier alpha value is -3.45. The molecule has 0 radical (unpaired) electrons. The SMILES string of the molecule is CCc1cccc(-c2cc(Nc3ccc(Br)cc3C(=O)O)n(-c3ncccc3C)n2)c1. The molecule has 0 aliphatic rings. The number of nitrogens with zero attached hydrogens (tertiary/aromatic N) is 3. The van der Waals surface area contributed by atoms with Crippen LogP contribution in [0.1, 0.15) is 28.4 Å². The summed E-state index contributed by atoms with van der Waals surface area (Å²) in [6, 6.07) is 19.1. The van der Waals surface area contributed by atoms with Gasteiger partial charge in [-0.05, 0) is 54.8 Å². The Morgan fingerprint density at radius 3 is 2.71 bits per heavy atom. The number of halogens is 1. The van der Waals surface area contributed by atoms with Gasteiger partial charge in [-0.2, -0.15) is 9.78 Å². The van der Waals surface area contributed by atoms with Gasteiger partial charge in [0.15, 0.2) is 5.82 Å². The molecule has 6 nitrogen and oxygen atoms in total. The monoisotopic (exact) mass is 476 g/mol. The zero-order valence-corrected chi connectivity index (χ0v) is 18.7. The Bertz CT molecular complexity index is 1270. The Labute approximate surface area is 188 Å². The summed E-state index contributed by atoms with van der Waals surface area (Å²) in [5, 5.41) is 17.7. The first-order valence-electron chi connectivity index (χ1n) is 9.87. The third-order valence-electron chi connectivity index (χ3n) is 5.00. The van der Waals surface area contributed by atoms with Crippen LogP contribution in [0.25, 0.3) is 17.1 Å². The van der Waals surface area contributed by atoms with Gasteiger partial charge < -0.3 is 10.4 Å². The fourth-order valence-electron chi connectivity index (χ4n) is 3.36. The quantitative estimate of drug-likeness (QED) is 0.356. The zero-order valence-electron chi connectivity index (χ0n) is 17.1. The van der Waals surface area contributed by atoms with Crippen LogP contribution in [0.5, 0.6) is 0 Å². The van der Waals surface area contributed by atoms with E-state index in [-0.39, 0.29) is 5.56 Å². The molecule has 0 saturated carbocycles. The summed E-state index contributed by atoms with van der Waals surface area (Å²) in [5.41, 5.74) is 4.57. The Balaban J connectivity index is 1.86. The topological polar surface area (TPSA) is 80.0 Å². The van der Waals surface area contributed by atoms with Crippen LogP contribution in [-0.4, -0.2) is 25.8 Å². The number of carboxylic acids is 1. The van der Waals surface area contributed by atoms with Gasteiger partial charge in [0.05, 0.1) is 16.9 Å². The van der Waals surface area contributed by atoms with Crippen molar-refractivity contribution in [3.8, 4) is 17.1 Å². The van der Waals surface area contributed by atoms with Crippen molar-refractivity contribution in [3.05, 3.63) is 88.0 Å². The molecule has 0 bridgehead atoms. The average Bonchev–Trinajstić information content (AvgIpc) is 3.19. The van der Waals surface area contributed by atoms with E-state index in [9.17, 15) is 9.90 Å². The minimum Gasteiger partial charge on any atom is -0.478 e. The van der Waals surface area contributed by atoms with Crippen LogP contribution in [-0.2, 0) is 6.42 Å². The predicted octanol–water partition coefficient (Wildman–Crippen LogP) is 6.01. The van der Waals surface area contributed by atoms with E-state index in [1.165, 1.54) is 5.56 Å². The molecule has 156 valence electrons. The number of rotatable bonds is 6. The van der Waals surface area contributed by atoms with Crippen LogP contribution in [0, 0.1) is 6.92 Å². The molecule has 0 unspecified atom stereocenters. The lowest BCUT2D eigenvalue weighted by atomic mass is 10.1. The molecule has 4 aromatic rings. The highest BCUT2D eigenvalue weighted by Gasteiger charge is 2.17. The lowest BCUT2D eigenvalue weighted by molar-refractivity contribution is 0.0698. The van der Waals surface area contributed by atoms with E-state index in [0.717, 1.165) is 23.2 Å². The number of benzene rings is 2. The summed E-state index contributed by atoms with van der Waals surface area (Å²) >= 11 is 3.34. The van der Waals surface area contributed by atoms with Gasteiger partial charge in [-0.1, -0.05) is 47.1 Å².